The number of hydrogen-bond donors (Lipinski definition) is 2. The van der Waals surface area contributed by atoms with Gasteiger partial charge < -0.3 is 15.6 Å². The third-order valence-corrected chi connectivity index (χ3v) is 1.98. The van der Waals surface area contributed by atoms with Crippen molar-refractivity contribution in [2.24, 2.45) is 0 Å². The van der Waals surface area contributed by atoms with Crippen LogP contribution in [-0.2, 0) is 11.2 Å². The summed E-state index contributed by atoms with van der Waals surface area (Å²) in [6, 6.07) is 0. The number of alkyl halides is 5. The van der Waals surface area contributed by atoms with Gasteiger partial charge in [0.15, 0.2) is 0 Å². The number of nitrogens with zero attached hydrogens (tertiary/aromatic N) is 1. The van der Waals surface area contributed by atoms with Crippen LogP contribution in [0.5, 0.6) is 5.88 Å². The second-order valence-electron chi connectivity index (χ2n) is 3.33. The van der Waals surface area contributed by atoms with Crippen LogP contribution < -0.4 is 10.5 Å². The minimum absolute atomic E-state index is 0.322. The van der Waals surface area contributed by atoms with Crippen LogP contribution in [-0.4, -0.2) is 22.4 Å². The van der Waals surface area contributed by atoms with E-state index in [2.05, 4.69) is 9.72 Å². The van der Waals surface area contributed by atoms with Gasteiger partial charge in [-0.1, -0.05) is 0 Å². The molecule has 0 spiro atoms. The minimum atomic E-state index is -5.21. The van der Waals surface area contributed by atoms with Crippen molar-refractivity contribution >= 4 is 11.7 Å². The molecule has 1 heterocycles. The molecule has 0 fully saturated rings. The zero-order chi connectivity index (χ0) is 14.8. The number of hydrogen-bond acceptors (Lipinski definition) is 4. The van der Waals surface area contributed by atoms with Gasteiger partial charge in [0.1, 0.15) is 5.56 Å². The summed E-state index contributed by atoms with van der Waals surface area (Å²) < 4.78 is 64.6. The summed E-state index contributed by atoms with van der Waals surface area (Å²) in [5.41, 5.74) is 2.83. The van der Waals surface area contributed by atoms with Crippen molar-refractivity contribution in [2.45, 2.75) is 19.2 Å². The van der Waals surface area contributed by atoms with E-state index in [0.29, 0.717) is 6.20 Å². The predicted molar refractivity (Wildman–Crippen MR) is 51.6 cm³/mol. The SMILES string of the molecule is Nc1c(CC(=O)O)cnc(OC(F)(F)F)c1C(F)F. The molecular weight excluding hydrogens is 279 g/mol. The van der Waals surface area contributed by atoms with Gasteiger partial charge in [-0.15, -0.1) is 13.2 Å². The van der Waals surface area contributed by atoms with E-state index in [1.165, 1.54) is 0 Å². The quantitative estimate of drug-likeness (QED) is 0.828. The van der Waals surface area contributed by atoms with Gasteiger partial charge in [0.05, 0.1) is 12.1 Å². The summed E-state index contributed by atoms with van der Waals surface area (Å²) in [6.45, 7) is 0. The molecule has 0 unspecified atom stereocenters. The lowest BCUT2D eigenvalue weighted by atomic mass is 10.1. The van der Waals surface area contributed by atoms with E-state index in [1.807, 2.05) is 0 Å². The fourth-order valence-corrected chi connectivity index (χ4v) is 1.27. The number of anilines is 1. The normalized spacial score (nSPS) is 11.7. The van der Waals surface area contributed by atoms with E-state index >= 15 is 0 Å². The first kappa shape index (κ1) is 14.9. The number of rotatable bonds is 4. The zero-order valence-corrected chi connectivity index (χ0v) is 9.04. The van der Waals surface area contributed by atoms with Gasteiger partial charge in [-0.25, -0.2) is 13.8 Å². The third-order valence-electron chi connectivity index (χ3n) is 1.98. The monoisotopic (exact) mass is 286 g/mol. The zero-order valence-electron chi connectivity index (χ0n) is 9.04. The molecule has 5 nitrogen and oxygen atoms in total. The lowest BCUT2D eigenvalue weighted by Crippen LogP contribution is -2.20. The van der Waals surface area contributed by atoms with Crippen molar-refractivity contribution < 1.29 is 36.6 Å². The molecule has 0 atom stereocenters. The first-order valence-corrected chi connectivity index (χ1v) is 4.64. The fourth-order valence-electron chi connectivity index (χ4n) is 1.27. The Morgan fingerprint density at radius 1 is 1.47 bits per heavy atom. The van der Waals surface area contributed by atoms with Gasteiger partial charge in [0, 0.05) is 11.8 Å². The van der Waals surface area contributed by atoms with Crippen LogP contribution in [0.1, 0.15) is 17.6 Å². The van der Waals surface area contributed by atoms with Crippen LogP contribution >= 0.6 is 0 Å². The summed E-state index contributed by atoms with van der Waals surface area (Å²) in [7, 11) is 0. The first-order chi connectivity index (χ1) is 8.61. The third kappa shape index (κ3) is 3.93. The van der Waals surface area contributed by atoms with Crippen LogP contribution in [0, 0.1) is 0 Å². The number of ether oxygens (including phenoxy) is 1. The minimum Gasteiger partial charge on any atom is -0.481 e. The van der Waals surface area contributed by atoms with E-state index in [0.717, 1.165) is 0 Å². The van der Waals surface area contributed by atoms with Crippen molar-refractivity contribution in [2.75, 3.05) is 5.73 Å². The van der Waals surface area contributed by atoms with E-state index in [4.69, 9.17) is 10.8 Å². The van der Waals surface area contributed by atoms with E-state index < -0.39 is 42.3 Å². The molecule has 10 heteroatoms. The molecule has 0 saturated carbocycles. The number of pyridine rings is 1. The highest BCUT2D eigenvalue weighted by Gasteiger charge is 2.35. The maximum absolute atomic E-state index is 12.7. The highest BCUT2D eigenvalue weighted by molar-refractivity contribution is 5.74. The summed E-state index contributed by atoms with van der Waals surface area (Å²) in [5, 5.41) is 8.49. The molecule has 19 heavy (non-hydrogen) atoms. The van der Waals surface area contributed by atoms with Crippen LogP contribution in [0.2, 0.25) is 0 Å². The highest BCUT2D eigenvalue weighted by Crippen LogP contribution is 2.36. The van der Waals surface area contributed by atoms with Crippen LogP contribution in [0.3, 0.4) is 0 Å². The maximum atomic E-state index is 12.7. The Morgan fingerprint density at radius 3 is 2.47 bits per heavy atom. The molecule has 106 valence electrons. The largest absolute Gasteiger partial charge is 0.574 e. The predicted octanol–water partition coefficient (Wildman–Crippen LogP) is 2.13. The number of carbonyl (C=O) groups is 1. The van der Waals surface area contributed by atoms with Crippen molar-refractivity contribution in [3.8, 4) is 5.88 Å². The lowest BCUT2D eigenvalue weighted by Gasteiger charge is -2.15. The second kappa shape index (κ2) is 5.24. The first-order valence-electron chi connectivity index (χ1n) is 4.64. The molecule has 0 aromatic carbocycles. The van der Waals surface area contributed by atoms with Crippen LogP contribution in [0.25, 0.3) is 0 Å². The summed E-state index contributed by atoms with van der Waals surface area (Å²) in [5.74, 6) is -2.78. The van der Waals surface area contributed by atoms with Crippen LogP contribution in [0.4, 0.5) is 27.6 Å². The summed E-state index contributed by atoms with van der Waals surface area (Å²) >= 11 is 0. The number of nitrogen functional groups attached to an aromatic ring is 1. The molecule has 3 N–H and O–H groups in total. The van der Waals surface area contributed by atoms with Gasteiger partial charge >= 0.3 is 12.3 Å². The number of aliphatic carboxylic acids is 1. The number of aromatic nitrogens is 1. The van der Waals surface area contributed by atoms with E-state index in [1.54, 1.807) is 0 Å². The number of carboxylic acids is 1. The average molecular weight is 286 g/mol. The Labute approximate surface area is 102 Å². The summed E-state index contributed by atoms with van der Waals surface area (Å²) in [4.78, 5) is 13.5. The molecule has 0 bridgehead atoms. The molecule has 0 radical (unpaired) electrons. The van der Waals surface area contributed by atoms with Crippen molar-refractivity contribution in [1.29, 1.82) is 0 Å². The molecule has 0 aliphatic rings. The van der Waals surface area contributed by atoms with Crippen LogP contribution in [0.15, 0.2) is 6.20 Å². The van der Waals surface area contributed by atoms with E-state index in [-0.39, 0.29) is 5.56 Å². The lowest BCUT2D eigenvalue weighted by molar-refractivity contribution is -0.276. The smallest absolute Gasteiger partial charge is 0.481 e. The van der Waals surface area contributed by atoms with Gasteiger partial charge in [-0.05, 0) is 0 Å². The number of carboxylic acid groups (broad SMARTS) is 1. The Kier molecular flexibility index (Phi) is 4.12. The van der Waals surface area contributed by atoms with Gasteiger partial charge in [0.25, 0.3) is 6.43 Å². The maximum Gasteiger partial charge on any atom is 0.574 e. The number of halogens is 5. The Balaban J connectivity index is 3.27. The standard InChI is InChI=1S/C9H7F5N2O3/c10-7(11)5-6(15)3(1-4(17)18)2-16-8(5)19-9(12,13)14/h2,7H,1H2,(H2,15,16)(H,17,18). The second-order valence-corrected chi connectivity index (χ2v) is 3.33. The highest BCUT2D eigenvalue weighted by atomic mass is 19.4. The molecule has 1 aromatic heterocycles. The van der Waals surface area contributed by atoms with Gasteiger partial charge in [-0.2, -0.15) is 0 Å². The van der Waals surface area contributed by atoms with Gasteiger partial charge in [-0.3, -0.25) is 4.79 Å². The molecule has 1 aromatic rings. The molecule has 0 amide bonds. The van der Waals surface area contributed by atoms with Crippen molar-refractivity contribution in [1.82, 2.24) is 4.98 Å². The van der Waals surface area contributed by atoms with Gasteiger partial charge in [0.2, 0.25) is 5.88 Å². The molecule has 0 aliphatic carbocycles. The molecule has 1 rings (SSSR count). The Morgan fingerprint density at radius 2 is 2.05 bits per heavy atom. The van der Waals surface area contributed by atoms with Crippen molar-refractivity contribution in [3.05, 3.63) is 17.3 Å². The average Bonchev–Trinajstić information content (AvgIpc) is 2.19. The molecule has 0 aliphatic heterocycles. The molecular formula is C9H7F5N2O3. The topological polar surface area (TPSA) is 85.4 Å². The number of nitrogens with two attached hydrogens (primary N) is 1. The fraction of sp³-hybridized carbons (Fsp3) is 0.333. The Hall–Kier alpha value is -2.13. The van der Waals surface area contributed by atoms with E-state index in [9.17, 15) is 26.7 Å². The Bertz CT molecular complexity index is 489. The van der Waals surface area contributed by atoms with Crippen molar-refractivity contribution in [3.63, 3.8) is 0 Å². The molecule has 0 saturated heterocycles. The summed E-state index contributed by atoms with van der Waals surface area (Å²) in [6.07, 6.45) is -8.70.